The van der Waals surface area contributed by atoms with Gasteiger partial charge in [-0.15, -0.1) is 0 Å². The molecular formula is C10H13F2N. The molecule has 1 heterocycles. The molecule has 1 aromatic heterocycles. The zero-order valence-corrected chi connectivity index (χ0v) is 7.63. The van der Waals surface area contributed by atoms with Crippen molar-refractivity contribution in [3.8, 4) is 0 Å². The molecule has 0 amide bonds. The molecule has 0 aliphatic carbocycles. The van der Waals surface area contributed by atoms with Crippen LogP contribution < -0.4 is 0 Å². The third-order valence-corrected chi connectivity index (χ3v) is 1.89. The Morgan fingerprint density at radius 2 is 2.23 bits per heavy atom. The maximum atomic E-state index is 12.2. The number of nitrogens with zero attached hydrogens (tertiary/aromatic N) is 1. The Balaban J connectivity index is 2.68. The van der Waals surface area contributed by atoms with Crippen LogP contribution in [0.4, 0.5) is 8.78 Å². The standard InChI is InChI=1S/C10H13F2N/c1-2-3-4-8-5-6-13-9(7-8)10(11)12/h5-7,10H,2-4H2,1H3. The summed E-state index contributed by atoms with van der Waals surface area (Å²) in [6, 6.07) is 3.28. The molecule has 0 radical (unpaired) electrons. The van der Waals surface area contributed by atoms with Gasteiger partial charge in [0.2, 0.25) is 0 Å². The van der Waals surface area contributed by atoms with Gasteiger partial charge < -0.3 is 0 Å². The molecule has 0 spiro atoms. The predicted octanol–water partition coefficient (Wildman–Crippen LogP) is 3.36. The molecule has 0 aliphatic rings. The van der Waals surface area contributed by atoms with Crippen LogP contribution in [0.1, 0.15) is 37.4 Å². The molecule has 1 aromatic rings. The molecular weight excluding hydrogens is 172 g/mol. The van der Waals surface area contributed by atoms with Gasteiger partial charge in [-0.05, 0) is 30.5 Å². The highest BCUT2D eigenvalue weighted by molar-refractivity contribution is 5.17. The fraction of sp³-hybridized carbons (Fsp3) is 0.500. The highest BCUT2D eigenvalue weighted by Gasteiger charge is 2.08. The smallest absolute Gasteiger partial charge is 0.255 e. The number of aromatic nitrogens is 1. The van der Waals surface area contributed by atoms with Gasteiger partial charge in [-0.25, -0.2) is 8.78 Å². The average Bonchev–Trinajstić information content (AvgIpc) is 2.15. The quantitative estimate of drug-likeness (QED) is 0.700. The number of rotatable bonds is 4. The molecule has 0 saturated carbocycles. The lowest BCUT2D eigenvalue weighted by Crippen LogP contribution is -1.92. The Morgan fingerprint density at radius 1 is 1.46 bits per heavy atom. The number of hydrogen-bond donors (Lipinski definition) is 0. The van der Waals surface area contributed by atoms with Crippen LogP contribution in [0.5, 0.6) is 0 Å². The summed E-state index contributed by atoms with van der Waals surface area (Å²) < 4.78 is 24.4. The van der Waals surface area contributed by atoms with Gasteiger partial charge in [0, 0.05) is 6.20 Å². The molecule has 0 bridgehead atoms. The molecule has 0 aromatic carbocycles. The first-order chi connectivity index (χ1) is 6.24. The minimum Gasteiger partial charge on any atom is -0.255 e. The topological polar surface area (TPSA) is 12.9 Å². The van der Waals surface area contributed by atoms with Gasteiger partial charge >= 0.3 is 0 Å². The second-order valence-corrected chi connectivity index (χ2v) is 2.99. The van der Waals surface area contributed by atoms with E-state index in [1.54, 1.807) is 6.07 Å². The maximum Gasteiger partial charge on any atom is 0.280 e. The van der Waals surface area contributed by atoms with Crippen LogP contribution in [0.3, 0.4) is 0 Å². The summed E-state index contributed by atoms with van der Waals surface area (Å²) in [5.74, 6) is 0. The molecule has 3 heteroatoms. The van der Waals surface area contributed by atoms with Crippen LogP contribution in [0, 0.1) is 0 Å². The normalized spacial score (nSPS) is 10.8. The third kappa shape index (κ3) is 3.09. The number of hydrogen-bond acceptors (Lipinski definition) is 1. The summed E-state index contributed by atoms with van der Waals surface area (Å²) in [5.41, 5.74) is 0.834. The van der Waals surface area contributed by atoms with Crippen molar-refractivity contribution >= 4 is 0 Å². The molecule has 0 unspecified atom stereocenters. The van der Waals surface area contributed by atoms with Gasteiger partial charge in [0.05, 0.1) is 0 Å². The van der Waals surface area contributed by atoms with E-state index in [0.29, 0.717) is 0 Å². The lowest BCUT2D eigenvalue weighted by molar-refractivity contribution is 0.146. The number of unbranched alkanes of at least 4 members (excludes halogenated alkanes) is 1. The Kier molecular flexibility index (Phi) is 3.80. The number of pyridine rings is 1. The monoisotopic (exact) mass is 185 g/mol. The molecule has 0 saturated heterocycles. The molecule has 13 heavy (non-hydrogen) atoms. The average molecular weight is 185 g/mol. The van der Waals surface area contributed by atoms with Crippen molar-refractivity contribution in [3.05, 3.63) is 29.6 Å². The minimum absolute atomic E-state index is 0.117. The summed E-state index contributed by atoms with van der Waals surface area (Å²) >= 11 is 0. The van der Waals surface area contributed by atoms with Crippen LogP contribution >= 0.6 is 0 Å². The van der Waals surface area contributed by atoms with E-state index in [1.807, 2.05) is 0 Å². The number of aryl methyl sites for hydroxylation is 1. The van der Waals surface area contributed by atoms with Gasteiger partial charge in [-0.3, -0.25) is 4.98 Å². The minimum atomic E-state index is -2.46. The molecule has 1 nitrogen and oxygen atoms in total. The second kappa shape index (κ2) is 4.90. The van der Waals surface area contributed by atoms with Crippen LogP contribution in [0.25, 0.3) is 0 Å². The lowest BCUT2D eigenvalue weighted by atomic mass is 10.1. The molecule has 72 valence electrons. The Bertz CT molecular complexity index is 261. The van der Waals surface area contributed by atoms with Crippen LogP contribution in [0.15, 0.2) is 18.3 Å². The maximum absolute atomic E-state index is 12.2. The van der Waals surface area contributed by atoms with Crippen molar-refractivity contribution in [3.63, 3.8) is 0 Å². The Hall–Kier alpha value is -0.990. The number of alkyl halides is 2. The van der Waals surface area contributed by atoms with E-state index in [4.69, 9.17) is 0 Å². The van der Waals surface area contributed by atoms with Crippen molar-refractivity contribution in [2.24, 2.45) is 0 Å². The first-order valence-electron chi connectivity index (χ1n) is 4.47. The zero-order valence-electron chi connectivity index (χ0n) is 7.63. The highest BCUT2D eigenvalue weighted by atomic mass is 19.3. The van der Waals surface area contributed by atoms with Gasteiger partial charge in [0.25, 0.3) is 6.43 Å². The molecule has 0 N–H and O–H groups in total. The van der Waals surface area contributed by atoms with E-state index in [1.165, 1.54) is 12.3 Å². The van der Waals surface area contributed by atoms with Gasteiger partial charge in [0.1, 0.15) is 5.69 Å². The van der Waals surface area contributed by atoms with Crippen molar-refractivity contribution in [2.75, 3.05) is 0 Å². The second-order valence-electron chi connectivity index (χ2n) is 2.99. The summed E-state index contributed by atoms with van der Waals surface area (Å²) in [4.78, 5) is 3.60. The third-order valence-electron chi connectivity index (χ3n) is 1.89. The fourth-order valence-corrected chi connectivity index (χ4v) is 1.15. The van der Waals surface area contributed by atoms with Crippen LogP contribution in [-0.4, -0.2) is 4.98 Å². The van der Waals surface area contributed by atoms with E-state index in [9.17, 15) is 8.78 Å². The highest BCUT2D eigenvalue weighted by Crippen LogP contribution is 2.17. The van der Waals surface area contributed by atoms with Crippen LogP contribution in [-0.2, 0) is 6.42 Å². The van der Waals surface area contributed by atoms with Crippen molar-refractivity contribution in [1.82, 2.24) is 4.98 Å². The molecule has 1 rings (SSSR count). The van der Waals surface area contributed by atoms with Crippen molar-refractivity contribution < 1.29 is 8.78 Å². The molecule has 0 atom stereocenters. The zero-order chi connectivity index (χ0) is 9.68. The Labute approximate surface area is 76.8 Å². The van der Waals surface area contributed by atoms with Crippen molar-refractivity contribution in [2.45, 2.75) is 32.6 Å². The lowest BCUT2D eigenvalue weighted by Gasteiger charge is -2.02. The summed E-state index contributed by atoms with van der Waals surface area (Å²) in [6.45, 7) is 2.08. The summed E-state index contributed by atoms with van der Waals surface area (Å²) in [6.07, 6.45) is 1.96. The van der Waals surface area contributed by atoms with Crippen molar-refractivity contribution in [1.29, 1.82) is 0 Å². The fourth-order valence-electron chi connectivity index (χ4n) is 1.15. The molecule has 0 fully saturated rings. The first-order valence-corrected chi connectivity index (χ1v) is 4.47. The van der Waals surface area contributed by atoms with E-state index in [-0.39, 0.29) is 5.69 Å². The largest absolute Gasteiger partial charge is 0.280 e. The summed E-state index contributed by atoms with van der Waals surface area (Å²) in [7, 11) is 0. The van der Waals surface area contributed by atoms with Crippen LogP contribution in [0.2, 0.25) is 0 Å². The first kappa shape index (κ1) is 10.1. The SMILES string of the molecule is CCCCc1ccnc(C(F)F)c1. The Morgan fingerprint density at radius 3 is 2.85 bits per heavy atom. The number of halogens is 2. The van der Waals surface area contributed by atoms with E-state index in [0.717, 1.165) is 24.8 Å². The van der Waals surface area contributed by atoms with E-state index >= 15 is 0 Å². The van der Waals surface area contributed by atoms with Gasteiger partial charge in [0.15, 0.2) is 0 Å². The van der Waals surface area contributed by atoms with Gasteiger partial charge in [-0.2, -0.15) is 0 Å². The predicted molar refractivity (Wildman–Crippen MR) is 47.8 cm³/mol. The van der Waals surface area contributed by atoms with E-state index < -0.39 is 6.43 Å². The summed E-state index contributed by atoms with van der Waals surface area (Å²) in [5, 5.41) is 0. The molecule has 0 aliphatic heterocycles. The van der Waals surface area contributed by atoms with Gasteiger partial charge in [-0.1, -0.05) is 13.3 Å². The van der Waals surface area contributed by atoms with E-state index in [2.05, 4.69) is 11.9 Å².